The highest BCUT2D eigenvalue weighted by Gasteiger charge is 2.03. The Labute approximate surface area is 116 Å². The maximum absolute atomic E-state index is 5.77. The first-order chi connectivity index (χ1) is 9.33. The maximum Gasteiger partial charge on any atom is 0.222 e. The fraction of sp³-hybridized carbons (Fsp3) is 0.200. The molecule has 3 nitrogen and oxygen atoms in total. The molecule has 2 aromatic heterocycles. The Kier molecular flexibility index (Phi) is 3.47. The zero-order valence-electron chi connectivity index (χ0n) is 10.4. The Bertz CT molecular complexity index is 690. The molecule has 96 valence electrons. The van der Waals surface area contributed by atoms with Gasteiger partial charge in [-0.05, 0) is 48.6 Å². The molecule has 2 heterocycles. The third-order valence-electron chi connectivity index (χ3n) is 3.24. The van der Waals surface area contributed by atoms with Crippen LogP contribution in [0.3, 0.4) is 0 Å². The molecule has 3 rings (SSSR count). The number of benzene rings is 1. The van der Waals surface area contributed by atoms with Crippen molar-refractivity contribution in [2.24, 2.45) is 0 Å². The number of para-hydroxylation sites is 1. The summed E-state index contributed by atoms with van der Waals surface area (Å²) in [7, 11) is 0. The molecule has 0 aliphatic rings. The van der Waals surface area contributed by atoms with E-state index in [-0.39, 0.29) is 0 Å². The zero-order valence-corrected chi connectivity index (χ0v) is 11.2. The van der Waals surface area contributed by atoms with Crippen LogP contribution in [0.5, 0.6) is 0 Å². The molecule has 1 aromatic carbocycles. The minimum absolute atomic E-state index is 0.324. The van der Waals surface area contributed by atoms with Crippen molar-refractivity contribution in [1.29, 1.82) is 0 Å². The second-order valence-electron chi connectivity index (χ2n) is 4.53. The lowest BCUT2D eigenvalue weighted by molar-refractivity contribution is 0.798. The average Bonchev–Trinajstić information content (AvgIpc) is 2.83. The molecule has 0 aliphatic carbocycles. The Morgan fingerprint density at radius 1 is 1.11 bits per heavy atom. The first kappa shape index (κ1) is 12.2. The molecule has 0 bridgehead atoms. The first-order valence-corrected chi connectivity index (χ1v) is 6.73. The summed E-state index contributed by atoms with van der Waals surface area (Å²) in [5.74, 6) is 0. The highest BCUT2D eigenvalue weighted by Crippen LogP contribution is 2.19. The summed E-state index contributed by atoms with van der Waals surface area (Å²) in [6.45, 7) is 0. The van der Waals surface area contributed by atoms with E-state index >= 15 is 0 Å². The monoisotopic (exact) mass is 271 g/mol. The van der Waals surface area contributed by atoms with Gasteiger partial charge in [0.2, 0.25) is 5.28 Å². The third kappa shape index (κ3) is 2.76. The minimum Gasteiger partial charge on any atom is -0.361 e. The van der Waals surface area contributed by atoms with Crippen LogP contribution < -0.4 is 0 Å². The number of H-pyrrole nitrogens is 1. The normalized spacial score (nSPS) is 11.0. The number of hydrogen-bond acceptors (Lipinski definition) is 2. The summed E-state index contributed by atoms with van der Waals surface area (Å²) in [6, 6.07) is 10.3. The van der Waals surface area contributed by atoms with Crippen LogP contribution in [0.1, 0.15) is 17.7 Å². The molecule has 19 heavy (non-hydrogen) atoms. The van der Waals surface area contributed by atoms with Crippen molar-refractivity contribution in [1.82, 2.24) is 15.0 Å². The van der Waals surface area contributed by atoms with Gasteiger partial charge in [-0.15, -0.1) is 0 Å². The molecule has 0 saturated carbocycles. The number of hydrogen-bond donors (Lipinski definition) is 1. The summed E-state index contributed by atoms with van der Waals surface area (Å²) in [6.07, 6.45) is 6.80. The van der Waals surface area contributed by atoms with E-state index in [1.54, 1.807) is 6.20 Å². The van der Waals surface area contributed by atoms with Gasteiger partial charge in [0.15, 0.2) is 0 Å². The minimum atomic E-state index is 0.324. The smallest absolute Gasteiger partial charge is 0.222 e. The molecule has 0 amide bonds. The number of aromatic amines is 1. The predicted octanol–water partition coefficient (Wildman–Crippen LogP) is 3.79. The topological polar surface area (TPSA) is 41.6 Å². The highest BCUT2D eigenvalue weighted by atomic mass is 35.5. The summed E-state index contributed by atoms with van der Waals surface area (Å²) in [4.78, 5) is 11.4. The van der Waals surface area contributed by atoms with Gasteiger partial charge < -0.3 is 4.98 Å². The van der Waals surface area contributed by atoms with Crippen LogP contribution in [0.2, 0.25) is 5.28 Å². The molecule has 0 aliphatic heterocycles. The number of rotatable bonds is 4. The third-order valence-corrected chi connectivity index (χ3v) is 3.42. The number of aromatic nitrogens is 3. The van der Waals surface area contributed by atoms with Crippen molar-refractivity contribution in [3.63, 3.8) is 0 Å². The van der Waals surface area contributed by atoms with E-state index in [1.807, 2.05) is 12.1 Å². The van der Waals surface area contributed by atoms with Gasteiger partial charge in [-0.3, -0.25) is 0 Å². The van der Waals surface area contributed by atoms with Crippen molar-refractivity contribution < 1.29 is 0 Å². The lowest BCUT2D eigenvalue weighted by Crippen LogP contribution is -1.94. The van der Waals surface area contributed by atoms with Gasteiger partial charge in [-0.25, -0.2) is 9.97 Å². The largest absolute Gasteiger partial charge is 0.361 e. The van der Waals surface area contributed by atoms with Gasteiger partial charge in [-0.2, -0.15) is 0 Å². The second kappa shape index (κ2) is 5.41. The van der Waals surface area contributed by atoms with Gasteiger partial charge >= 0.3 is 0 Å². The van der Waals surface area contributed by atoms with Gasteiger partial charge in [0.1, 0.15) is 0 Å². The van der Waals surface area contributed by atoms with E-state index in [0.717, 1.165) is 25.0 Å². The fourth-order valence-corrected chi connectivity index (χ4v) is 2.47. The van der Waals surface area contributed by atoms with Gasteiger partial charge in [-0.1, -0.05) is 18.2 Å². The van der Waals surface area contributed by atoms with Crippen molar-refractivity contribution in [3.05, 3.63) is 59.3 Å². The standard InChI is InChI=1S/C15H14ClN3/c16-15-17-9-8-12(19-15)5-3-4-11-10-18-14-7-2-1-6-13(11)14/h1-2,6-10,18H,3-5H2. The van der Waals surface area contributed by atoms with Crippen LogP contribution in [-0.4, -0.2) is 15.0 Å². The van der Waals surface area contributed by atoms with E-state index in [4.69, 9.17) is 11.6 Å². The fourth-order valence-electron chi connectivity index (χ4n) is 2.31. The van der Waals surface area contributed by atoms with Crippen LogP contribution in [-0.2, 0) is 12.8 Å². The van der Waals surface area contributed by atoms with Crippen LogP contribution >= 0.6 is 11.6 Å². The van der Waals surface area contributed by atoms with Crippen LogP contribution in [0, 0.1) is 0 Å². The molecule has 0 atom stereocenters. The van der Waals surface area contributed by atoms with Crippen LogP contribution in [0.4, 0.5) is 0 Å². The molecule has 0 spiro atoms. The molecule has 1 N–H and O–H groups in total. The Balaban J connectivity index is 1.66. The van der Waals surface area contributed by atoms with Crippen LogP contribution in [0.25, 0.3) is 10.9 Å². The number of fused-ring (bicyclic) bond motifs is 1. The first-order valence-electron chi connectivity index (χ1n) is 6.35. The van der Waals surface area contributed by atoms with Crippen molar-refractivity contribution >= 4 is 22.5 Å². The molecule has 0 unspecified atom stereocenters. The average molecular weight is 272 g/mol. The van der Waals surface area contributed by atoms with Crippen LogP contribution in [0.15, 0.2) is 42.7 Å². The van der Waals surface area contributed by atoms with E-state index in [0.29, 0.717) is 5.28 Å². The molecule has 4 heteroatoms. The molecular weight excluding hydrogens is 258 g/mol. The zero-order chi connectivity index (χ0) is 13.1. The van der Waals surface area contributed by atoms with E-state index in [2.05, 4.69) is 39.3 Å². The van der Waals surface area contributed by atoms with Gasteiger partial charge in [0, 0.05) is 29.0 Å². The van der Waals surface area contributed by atoms with Crippen molar-refractivity contribution in [2.75, 3.05) is 0 Å². The lowest BCUT2D eigenvalue weighted by atomic mass is 10.1. The molecular formula is C15H14ClN3. The summed E-state index contributed by atoms with van der Waals surface area (Å²) >= 11 is 5.77. The second-order valence-corrected chi connectivity index (χ2v) is 4.87. The molecule has 3 aromatic rings. The Hall–Kier alpha value is -1.87. The number of halogens is 1. The summed E-state index contributed by atoms with van der Waals surface area (Å²) in [5, 5.41) is 1.63. The molecule has 0 radical (unpaired) electrons. The number of nitrogens with zero attached hydrogens (tertiary/aromatic N) is 2. The van der Waals surface area contributed by atoms with E-state index in [1.165, 1.54) is 16.5 Å². The Morgan fingerprint density at radius 3 is 2.89 bits per heavy atom. The van der Waals surface area contributed by atoms with Gasteiger partial charge in [0.05, 0.1) is 0 Å². The summed E-state index contributed by atoms with van der Waals surface area (Å²) < 4.78 is 0. The predicted molar refractivity (Wildman–Crippen MR) is 77.4 cm³/mol. The summed E-state index contributed by atoms with van der Waals surface area (Å²) in [5.41, 5.74) is 3.55. The SMILES string of the molecule is Clc1nccc(CCCc2c[nH]c3ccccc23)n1. The maximum atomic E-state index is 5.77. The van der Waals surface area contributed by atoms with Gasteiger partial charge in [0.25, 0.3) is 0 Å². The Morgan fingerprint density at radius 2 is 2.00 bits per heavy atom. The quantitative estimate of drug-likeness (QED) is 0.734. The van der Waals surface area contributed by atoms with Crippen molar-refractivity contribution in [2.45, 2.75) is 19.3 Å². The highest BCUT2D eigenvalue weighted by molar-refractivity contribution is 6.28. The lowest BCUT2D eigenvalue weighted by Gasteiger charge is -2.01. The molecule has 0 saturated heterocycles. The van der Waals surface area contributed by atoms with Crippen molar-refractivity contribution in [3.8, 4) is 0 Å². The van der Waals surface area contributed by atoms with E-state index in [9.17, 15) is 0 Å². The number of nitrogens with one attached hydrogen (secondary N) is 1. The number of aryl methyl sites for hydroxylation is 2. The molecule has 0 fully saturated rings. The van der Waals surface area contributed by atoms with E-state index < -0.39 is 0 Å².